The summed E-state index contributed by atoms with van der Waals surface area (Å²) in [6.07, 6.45) is 1.69. The number of hydrogen-bond donors (Lipinski definition) is 0. The lowest BCUT2D eigenvalue weighted by molar-refractivity contribution is 0.397. The van der Waals surface area contributed by atoms with Crippen LogP contribution in [0.2, 0.25) is 0 Å². The van der Waals surface area contributed by atoms with Crippen molar-refractivity contribution in [1.29, 1.82) is 5.26 Å². The number of halogens is 2. The predicted molar refractivity (Wildman–Crippen MR) is 61.3 cm³/mol. The van der Waals surface area contributed by atoms with E-state index in [1.54, 1.807) is 25.1 Å². The first-order chi connectivity index (χ1) is 7.97. The van der Waals surface area contributed by atoms with Crippen LogP contribution >= 0.6 is 0 Å². The van der Waals surface area contributed by atoms with E-state index in [2.05, 4.69) is 4.99 Å². The standard InChI is InChI=1S/C12H13F2N3/c1-8(17(3)9(2)16-7-15)10-4-5-11(13)12(14)6-10/h4-6,8H,1-3H3. The van der Waals surface area contributed by atoms with Crippen LogP contribution in [0.1, 0.15) is 25.5 Å². The Morgan fingerprint density at radius 2 is 2.06 bits per heavy atom. The molecule has 1 atom stereocenters. The van der Waals surface area contributed by atoms with Crippen LogP contribution in [0.15, 0.2) is 23.2 Å². The van der Waals surface area contributed by atoms with Gasteiger partial charge in [-0.3, -0.25) is 0 Å². The molecule has 0 N–H and O–H groups in total. The van der Waals surface area contributed by atoms with Crippen LogP contribution in [0.5, 0.6) is 0 Å². The topological polar surface area (TPSA) is 39.4 Å². The zero-order chi connectivity index (χ0) is 13.0. The molecule has 0 aliphatic heterocycles. The average Bonchev–Trinajstić information content (AvgIpc) is 2.31. The van der Waals surface area contributed by atoms with Crippen molar-refractivity contribution in [3.8, 4) is 6.19 Å². The van der Waals surface area contributed by atoms with Crippen LogP contribution in [0, 0.1) is 23.1 Å². The van der Waals surface area contributed by atoms with Gasteiger partial charge in [0.05, 0.1) is 6.04 Å². The number of benzene rings is 1. The number of nitrogens with zero attached hydrogens (tertiary/aromatic N) is 3. The third-order valence-corrected chi connectivity index (χ3v) is 2.73. The molecule has 0 aliphatic carbocycles. The van der Waals surface area contributed by atoms with Crippen molar-refractivity contribution in [1.82, 2.24) is 4.90 Å². The Morgan fingerprint density at radius 1 is 1.41 bits per heavy atom. The second kappa shape index (κ2) is 5.39. The van der Waals surface area contributed by atoms with Crippen molar-refractivity contribution in [2.24, 2.45) is 4.99 Å². The first kappa shape index (κ1) is 13.1. The SMILES string of the molecule is CC(=NC#N)N(C)C(C)c1ccc(F)c(F)c1. The molecule has 1 unspecified atom stereocenters. The van der Waals surface area contributed by atoms with E-state index in [4.69, 9.17) is 5.26 Å². The van der Waals surface area contributed by atoms with Gasteiger partial charge >= 0.3 is 0 Å². The lowest BCUT2D eigenvalue weighted by Crippen LogP contribution is -2.27. The molecule has 0 aliphatic rings. The second-order valence-corrected chi connectivity index (χ2v) is 3.72. The molecule has 1 rings (SSSR count). The largest absolute Gasteiger partial charge is 0.356 e. The second-order valence-electron chi connectivity index (χ2n) is 3.72. The average molecular weight is 237 g/mol. The van der Waals surface area contributed by atoms with E-state index < -0.39 is 11.6 Å². The van der Waals surface area contributed by atoms with Gasteiger partial charge in [0.1, 0.15) is 5.84 Å². The number of aliphatic imine (C=N–C) groups is 1. The summed E-state index contributed by atoms with van der Waals surface area (Å²) in [6, 6.07) is 3.56. The molecule has 90 valence electrons. The lowest BCUT2D eigenvalue weighted by atomic mass is 10.1. The Kier molecular flexibility index (Phi) is 4.16. The van der Waals surface area contributed by atoms with Gasteiger partial charge in [-0.2, -0.15) is 10.3 Å². The van der Waals surface area contributed by atoms with Crippen LogP contribution in [0.25, 0.3) is 0 Å². The van der Waals surface area contributed by atoms with Gasteiger partial charge in [0.25, 0.3) is 0 Å². The highest BCUT2D eigenvalue weighted by Gasteiger charge is 2.14. The van der Waals surface area contributed by atoms with Gasteiger partial charge in [-0.05, 0) is 31.5 Å². The Hall–Kier alpha value is -1.96. The first-order valence-corrected chi connectivity index (χ1v) is 5.08. The molecule has 0 bridgehead atoms. The fourth-order valence-electron chi connectivity index (χ4n) is 1.43. The van der Waals surface area contributed by atoms with E-state index in [0.29, 0.717) is 11.4 Å². The molecule has 0 saturated heterocycles. The molecular weight excluding hydrogens is 224 g/mol. The molecule has 0 amide bonds. The van der Waals surface area contributed by atoms with E-state index in [9.17, 15) is 8.78 Å². The lowest BCUT2D eigenvalue weighted by Gasteiger charge is -2.26. The van der Waals surface area contributed by atoms with Gasteiger partial charge in [0.2, 0.25) is 6.19 Å². The summed E-state index contributed by atoms with van der Waals surface area (Å²) in [6.45, 7) is 3.50. The highest BCUT2D eigenvalue weighted by Crippen LogP contribution is 2.21. The smallest absolute Gasteiger partial charge is 0.207 e. The van der Waals surface area contributed by atoms with Crippen molar-refractivity contribution >= 4 is 5.84 Å². The number of rotatable bonds is 2. The number of amidine groups is 1. The van der Waals surface area contributed by atoms with Crippen LogP contribution < -0.4 is 0 Å². The molecule has 0 aromatic heterocycles. The van der Waals surface area contributed by atoms with Gasteiger partial charge < -0.3 is 4.90 Å². The van der Waals surface area contributed by atoms with Crippen molar-refractivity contribution < 1.29 is 8.78 Å². The van der Waals surface area contributed by atoms with Gasteiger partial charge in [-0.15, -0.1) is 0 Å². The Balaban J connectivity index is 2.97. The molecule has 0 fully saturated rings. The fourth-order valence-corrected chi connectivity index (χ4v) is 1.43. The van der Waals surface area contributed by atoms with Gasteiger partial charge in [-0.1, -0.05) is 6.07 Å². The maximum Gasteiger partial charge on any atom is 0.207 e. The van der Waals surface area contributed by atoms with Crippen molar-refractivity contribution in [3.63, 3.8) is 0 Å². The zero-order valence-electron chi connectivity index (χ0n) is 9.91. The summed E-state index contributed by atoms with van der Waals surface area (Å²) in [5, 5.41) is 8.44. The Morgan fingerprint density at radius 3 is 2.59 bits per heavy atom. The molecule has 1 aromatic carbocycles. The van der Waals surface area contributed by atoms with Crippen LogP contribution in [0.3, 0.4) is 0 Å². The highest BCUT2D eigenvalue weighted by molar-refractivity contribution is 5.80. The first-order valence-electron chi connectivity index (χ1n) is 5.08. The normalized spacial score (nSPS) is 13.1. The van der Waals surface area contributed by atoms with Gasteiger partial charge in [-0.25, -0.2) is 8.78 Å². The Labute approximate surface area is 99.0 Å². The summed E-state index contributed by atoms with van der Waals surface area (Å²) >= 11 is 0. The highest BCUT2D eigenvalue weighted by atomic mass is 19.2. The molecule has 17 heavy (non-hydrogen) atoms. The van der Waals surface area contributed by atoms with Crippen molar-refractivity contribution in [2.45, 2.75) is 19.9 Å². The monoisotopic (exact) mass is 237 g/mol. The van der Waals surface area contributed by atoms with E-state index in [0.717, 1.165) is 12.1 Å². The quantitative estimate of drug-likeness (QED) is 0.450. The maximum absolute atomic E-state index is 13.1. The molecule has 0 spiro atoms. The minimum Gasteiger partial charge on any atom is -0.356 e. The number of nitriles is 1. The third kappa shape index (κ3) is 3.00. The van der Waals surface area contributed by atoms with E-state index in [-0.39, 0.29) is 6.04 Å². The fraction of sp³-hybridized carbons (Fsp3) is 0.333. The van der Waals surface area contributed by atoms with E-state index >= 15 is 0 Å². The molecule has 0 saturated carbocycles. The molecular formula is C12H13F2N3. The molecule has 0 heterocycles. The summed E-state index contributed by atoms with van der Waals surface area (Å²) in [4.78, 5) is 5.31. The number of hydrogen-bond acceptors (Lipinski definition) is 2. The molecule has 1 aromatic rings. The summed E-state index contributed by atoms with van der Waals surface area (Å²) in [5.74, 6) is -1.23. The summed E-state index contributed by atoms with van der Waals surface area (Å²) < 4.78 is 25.9. The third-order valence-electron chi connectivity index (χ3n) is 2.73. The maximum atomic E-state index is 13.1. The molecule has 3 nitrogen and oxygen atoms in total. The van der Waals surface area contributed by atoms with Crippen LogP contribution in [-0.2, 0) is 0 Å². The summed E-state index contributed by atoms with van der Waals surface area (Å²) in [7, 11) is 1.74. The zero-order valence-corrected chi connectivity index (χ0v) is 9.91. The molecule has 5 heteroatoms. The van der Waals surface area contributed by atoms with Gasteiger partial charge in [0.15, 0.2) is 11.6 Å². The minimum atomic E-state index is -0.877. The molecule has 0 radical (unpaired) electrons. The van der Waals surface area contributed by atoms with Gasteiger partial charge in [0, 0.05) is 7.05 Å². The van der Waals surface area contributed by atoms with E-state index in [1.165, 1.54) is 6.07 Å². The van der Waals surface area contributed by atoms with E-state index in [1.807, 2.05) is 6.92 Å². The van der Waals surface area contributed by atoms with Crippen LogP contribution in [0.4, 0.5) is 8.78 Å². The predicted octanol–water partition coefficient (Wildman–Crippen LogP) is 2.86. The Bertz CT molecular complexity index is 477. The van der Waals surface area contributed by atoms with Crippen molar-refractivity contribution in [3.05, 3.63) is 35.4 Å². The minimum absolute atomic E-state index is 0.192. The van der Waals surface area contributed by atoms with Crippen molar-refractivity contribution in [2.75, 3.05) is 7.05 Å². The van der Waals surface area contributed by atoms with Crippen LogP contribution in [-0.4, -0.2) is 17.8 Å². The summed E-state index contributed by atoms with van der Waals surface area (Å²) in [5.41, 5.74) is 0.624.